The van der Waals surface area contributed by atoms with Crippen molar-refractivity contribution in [3.8, 4) is 0 Å². The molecule has 2 rings (SSSR count). The molecule has 0 bridgehead atoms. The molecule has 1 aromatic heterocycles. The van der Waals surface area contributed by atoms with Gasteiger partial charge in [0.05, 0.1) is 6.54 Å². The van der Waals surface area contributed by atoms with Gasteiger partial charge in [-0.15, -0.1) is 0 Å². The summed E-state index contributed by atoms with van der Waals surface area (Å²) in [4.78, 5) is 36.6. The molecular formula is C17H27N5O4. The van der Waals surface area contributed by atoms with Gasteiger partial charge in [-0.25, -0.2) is 4.79 Å². The van der Waals surface area contributed by atoms with Gasteiger partial charge in [0.25, 0.3) is 5.91 Å². The summed E-state index contributed by atoms with van der Waals surface area (Å²) in [6.07, 6.45) is 1.48. The number of rotatable bonds is 6. The average Bonchev–Trinajstić information content (AvgIpc) is 2.89. The first kappa shape index (κ1) is 19.7. The van der Waals surface area contributed by atoms with Gasteiger partial charge in [-0.1, -0.05) is 0 Å². The summed E-state index contributed by atoms with van der Waals surface area (Å²) in [6.45, 7) is 7.22. The molecule has 1 aromatic rings. The summed E-state index contributed by atoms with van der Waals surface area (Å²) in [5, 5.41) is 9.67. The number of fused-ring (bicyclic) bond motifs is 1. The standard InChI is InChI=1S/C17H27N5O4/c1-17(2,3)26-16(25)22-9-6-13-12(10-22)14(20-21(13)4)15(24)19-8-5-7-18-11-23/h11H,5-10H2,1-4H3,(H,18,23)(H,19,24). The van der Waals surface area contributed by atoms with Gasteiger partial charge >= 0.3 is 6.09 Å². The van der Waals surface area contributed by atoms with Crippen LogP contribution in [0.3, 0.4) is 0 Å². The van der Waals surface area contributed by atoms with Gasteiger partial charge in [0.15, 0.2) is 5.69 Å². The van der Waals surface area contributed by atoms with Crippen molar-refractivity contribution in [3.05, 3.63) is 17.0 Å². The van der Waals surface area contributed by atoms with Crippen LogP contribution >= 0.6 is 0 Å². The highest BCUT2D eigenvalue weighted by Gasteiger charge is 2.31. The third kappa shape index (κ3) is 4.96. The second-order valence-electron chi connectivity index (χ2n) is 7.23. The summed E-state index contributed by atoms with van der Waals surface area (Å²) >= 11 is 0. The van der Waals surface area contributed by atoms with Gasteiger partial charge < -0.3 is 20.3 Å². The van der Waals surface area contributed by atoms with Crippen molar-refractivity contribution >= 4 is 18.4 Å². The molecule has 26 heavy (non-hydrogen) atoms. The van der Waals surface area contributed by atoms with E-state index in [0.717, 1.165) is 11.3 Å². The quantitative estimate of drug-likeness (QED) is 0.567. The van der Waals surface area contributed by atoms with Crippen LogP contribution in [-0.2, 0) is 29.5 Å². The first-order chi connectivity index (χ1) is 12.2. The van der Waals surface area contributed by atoms with Crippen molar-refractivity contribution in [1.82, 2.24) is 25.3 Å². The van der Waals surface area contributed by atoms with Crippen LogP contribution in [0.25, 0.3) is 0 Å². The number of nitrogens with zero attached hydrogens (tertiary/aromatic N) is 3. The second-order valence-corrected chi connectivity index (χ2v) is 7.23. The van der Waals surface area contributed by atoms with Gasteiger partial charge in [-0.05, 0) is 27.2 Å². The van der Waals surface area contributed by atoms with Gasteiger partial charge in [-0.3, -0.25) is 14.3 Å². The van der Waals surface area contributed by atoms with E-state index in [1.165, 1.54) is 0 Å². The predicted octanol–water partition coefficient (Wildman–Crippen LogP) is 0.579. The Hall–Kier alpha value is -2.58. The van der Waals surface area contributed by atoms with Gasteiger partial charge in [0.2, 0.25) is 6.41 Å². The van der Waals surface area contributed by atoms with Gasteiger partial charge in [-0.2, -0.15) is 5.10 Å². The van der Waals surface area contributed by atoms with Crippen LogP contribution in [-0.4, -0.2) is 58.3 Å². The summed E-state index contributed by atoms with van der Waals surface area (Å²) in [6, 6.07) is 0. The van der Waals surface area contributed by atoms with E-state index in [9.17, 15) is 14.4 Å². The Labute approximate surface area is 153 Å². The normalized spacial score (nSPS) is 13.8. The molecule has 0 aliphatic carbocycles. The fourth-order valence-corrected chi connectivity index (χ4v) is 2.79. The number of hydrogen-bond acceptors (Lipinski definition) is 5. The molecule has 2 N–H and O–H groups in total. The maximum Gasteiger partial charge on any atom is 0.410 e. The zero-order valence-electron chi connectivity index (χ0n) is 15.8. The minimum atomic E-state index is -0.567. The van der Waals surface area contributed by atoms with E-state index in [2.05, 4.69) is 15.7 Å². The summed E-state index contributed by atoms with van der Waals surface area (Å²) in [5.41, 5.74) is 1.48. The van der Waals surface area contributed by atoms with Crippen LogP contribution in [0.2, 0.25) is 0 Å². The smallest absolute Gasteiger partial charge is 0.410 e. The van der Waals surface area contributed by atoms with Crippen LogP contribution in [0.5, 0.6) is 0 Å². The van der Waals surface area contributed by atoms with E-state index in [0.29, 0.717) is 51.1 Å². The monoisotopic (exact) mass is 365 g/mol. The lowest BCUT2D eigenvalue weighted by Gasteiger charge is -2.30. The molecule has 1 aliphatic rings. The maximum atomic E-state index is 12.5. The Kier molecular flexibility index (Phi) is 6.23. The number of hydrogen-bond donors (Lipinski definition) is 2. The number of nitrogens with one attached hydrogen (secondary N) is 2. The minimum Gasteiger partial charge on any atom is -0.444 e. The van der Waals surface area contributed by atoms with E-state index >= 15 is 0 Å². The number of carbonyl (C=O) groups excluding carboxylic acids is 3. The number of amides is 3. The topological polar surface area (TPSA) is 106 Å². The Balaban J connectivity index is 2.05. The number of aromatic nitrogens is 2. The highest BCUT2D eigenvalue weighted by molar-refractivity contribution is 5.94. The van der Waals surface area contributed by atoms with Crippen LogP contribution in [0.4, 0.5) is 4.79 Å². The Bertz CT molecular complexity index is 677. The summed E-state index contributed by atoms with van der Waals surface area (Å²) < 4.78 is 7.12. The fourth-order valence-electron chi connectivity index (χ4n) is 2.79. The van der Waals surface area contributed by atoms with E-state index in [4.69, 9.17) is 4.74 Å². The average molecular weight is 365 g/mol. The van der Waals surface area contributed by atoms with E-state index < -0.39 is 11.7 Å². The molecule has 144 valence electrons. The molecule has 0 atom stereocenters. The molecule has 0 aromatic carbocycles. The molecule has 0 saturated heterocycles. The van der Waals surface area contributed by atoms with Crippen LogP contribution in [0.15, 0.2) is 0 Å². The lowest BCUT2D eigenvalue weighted by molar-refractivity contribution is -0.109. The van der Waals surface area contributed by atoms with E-state index in [1.807, 2.05) is 20.8 Å². The van der Waals surface area contributed by atoms with Crippen molar-refractivity contribution in [2.24, 2.45) is 7.05 Å². The Morgan fingerprint density at radius 1 is 1.31 bits per heavy atom. The second kappa shape index (κ2) is 8.20. The van der Waals surface area contributed by atoms with Crippen LogP contribution < -0.4 is 10.6 Å². The van der Waals surface area contributed by atoms with E-state index in [-0.39, 0.29) is 5.91 Å². The molecule has 2 heterocycles. The molecule has 0 radical (unpaired) electrons. The van der Waals surface area contributed by atoms with Crippen molar-refractivity contribution in [2.45, 2.75) is 45.8 Å². The lowest BCUT2D eigenvalue weighted by Crippen LogP contribution is -2.40. The molecule has 9 nitrogen and oxygen atoms in total. The molecule has 3 amide bonds. The highest BCUT2D eigenvalue weighted by atomic mass is 16.6. The first-order valence-corrected chi connectivity index (χ1v) is 8.71. The first-order valence-electron chi connectivity index (χ1n) is 8.71. The minimum absolute atomic E-state index is 0.279. The molecule has 1 aliphatic heterocycles. The zero-order valence-corrected chi connectivity index (χ0v) is 15.8. The highest BCUT2D eigenvalue weighted by Crippen LogP contribution is 2.23. The fraction of sp³-hybridized carbons (Fsp3) is 0.647. The van der Waals surface area contributed by atoms with Crippen LogP contribution in [0, 0.1) is 0 Å². The van der Waals surface area contributed by atoms with Crippen LogP contribution in [0.1, 0.15) is 48.9 Å². The number of ether oxygens (including phenoxy) is 1. The van der Waals surface area contributed by atoms with Crippen molar-refractivity contribution in [3.63, 3.8) is 0 Å². The zero-order chi connectivity index (χ0) is 19.3. The SMILES string of the molecule is Cn1nc(C(=O)NCCCNC=O)c2c1CCN(C(=O)OC(C)(C)C)C2. The van der Waals surface area contributed by atoms with Gasteiger partial charge in [0.1, 0.15) is 5.60 Å². The lowest BCUT2D eigenvalue weighted by atomic mass is 10.0. The Morgan fingerprint density at radius 3 is 2.69 bits per heavy atom. The number of aryl methyl sites for hydroxylation is 1. The van der Waals surface area contributed by atoms with Crippen molar-refractivity contribution < 1.29 is 19.1 Å². The van der Waals surface area contributed by atoms with E-state index in [1.54, 1.807) is 16.6 Å². The molecule has 0 saturated carbocycles. The number of carbonyl (C=O) groups is 3. The van der Waals surface area contributed by atoms with Crippen molar-refractivity contribution in [2.75, 3.05) is 19.6 Å². The third-order valence-corrected chi connectivity index (χ3v) is 3.98. The Morgan fingerprint density at radius 2 is 2.04 bits per heavy atom. The molecule has 9 heteroatoms. The molecule has 0 unspecified atom stereocenters. The molecule has 0 spiro atoms. The largest absolute Gasteiger partial charge is 0.444 e. The predicted molar refractivity (Wildman–Crippen MR) is 94.6 cm³/mol. The summed E-state index contributed by atoms with van der Waals surface area (Å²) in [5.74, 6) is -0.279. The summed E-state index contributed by atoms with van der Waals surface area (Å²) in [7, 11) is 1.80. The molecule has 0 fully saturated rings. The third-order valence-electron chi connectivity index (χ3n) is 3.98. The van der Waals surface area contributed by atoms with Gasteiger partial charge in [0, 0.05) is 44.4 Å². The molecular weight excluding hydrogens is 338 g/mol. The van der Waals surface area contributed by atoms with Crippen molar-refractivity contribution in [1.29, 1.82) is 0 Å². The maximum absolute atomic E-state index is 12.5.